The maximum Gasteiger partial charge on any atom is 0.302 e. The second kappa shape index (κ2) is 4.18. The minimum absolute atomic E-state index is 0.270. The highest BCUT2D eigenvalue weighted by atomic mass is 16.5. The molecule has 3 nitrogen and oxygen atoms in total. The first-order valence-corrected chi connectivity index (χ1v) is 2.27. The Morgan fingerprint density at radius 2 is 2.50 bits per heavy atom. The fraction of sp³-hybridized carbons (Fsp3) is 0.400. The van der Waals surface area contributed by atoms with Gasteiger partial charge in [0.1, 0.15) is 6.61 Å². The van der Waals surface area contributed by atoms with Crippen molar-refractivity contribution in [1.82, 2.24) is 0 Å². The summed E-state index contributed by atoms with van der Waals surface area (Å²) in [6.45, 7) is 1.62. The lowest BCUT2D eigenvalue weighted by molar-refractivity contribution is -0.139. The summed E-state index contributed by atoms with van der Waals surface area (Å²) in [5, 5.41) is 0. The quantitative estimate of drug-likeness (QED) is 0.516. The molecule has 2 N–H and O–H groups in total. The molecular weight excluding hydrogens is 106 g/mol. The molecule has 0 rings (SSSR count). The molecule has 0 saturated carbocycles. The second-order valence-corrected chi connectivity index (χ2v) is 1.23. The summed E-state index contributed by atoms with van der Waals surface area (Å²) in [7, 11) is 0. The molecule has 0 aromatic heterocycles. The molecule has 0 saturated heterocycles. The highest BCUT2D eigenvalue weighted by Gasteiger charge is 1.84. The highest BCUT2D eigenvalue weighted by molar-refractivity contribution is 5.65. The summed E-state index contributed by atoms with van der Waals surface area (Å²) < 4.78 is 4.48. The van der Waals surface area contributed by atoms with Crippen molar-refractivity contribution in [3.63, 3.8) is 0 Å². The van der Waals surface area contributed by atoms with Crippen molar-refractivity contribution in [2.75, 3.05) is 6.61 Å². The van der Waals surface area contributed by atoms with E-state index in [1.165, 1.54) is 13.1 Å². The third-order valence-corrected chi connectivity index (χ3v) is 0.519. The number of esters is 1. The van der Waals surface area contributed by atoms with Gasteiger partial charge < -0.3 is 10.5 Å². The van der Waals surface area contributed by atoms with Gasteiger partial charge in [0, 0.05) is 6.92 Å². The van der Waals surface area contributed by atoms with Gasteiger partial charge in [0.25, 0.3) is 0 Å². The molecule has 0 aliphatic rings. The third-order valence-electron chi connectivity index (χ3n) is 0.519. The smallest absolute Gasteiger partial charge is 0.302 e. The van der Waals surface area contributed by atoms with E-state index < -0.39 is 0 Å². The van der Waals surface area contributed by atoms with Gasteiger partial charge >= 0.3 is 5.97 Å². The number of rotatable bonds is 2. The summed E-state index contributed by atoms with van der Waals surface area (Å²) in [6, 6.07) is 0. The van der Waals surface area contributed by atoms with Crippen LogP contribution in [0.1, 0.15) is 6.92 Å². The lowest BCUT2D eigenvalue weighted by Gasteiger charge is -1.91. The molecule has 0 heterocycles. The Balaban J connectivity index is 3.05. The van der Waals surface area contributed by atoms with Crippen molar-refractivity contribution in [3.05, 3.63) is 12.3 Å². The Bertz CT molecular complexity index is 98.6. The van der Waals surface area contributed by atoms with Crippen LogP contribution in [0.4, 0.5) is 0 Å². The van der Waals surface area contributed by atoms with E-state index in [0.717, 1.165) is 0 Å². The summed E-state index contributed by atoms with van der Waals surface area (Å²) in [4.78, 5) is 10.0. The average Bonchev–Trinajstić information content (AvgIpc) is 1.66. The first-order valence-electron chi connectivity index (χ1n) is 2.27. The van der Waals surface area contributed by atoms with Crippen LogP contribution in [0.2, 0.25) is 0 Å². The fourth-order valence-corrected chi connectivity index (χ4v) is 0.221. The van der Waals surface area contributed by atoms with E-state index in [1.54, 1.807) is 6.08 Å². The number of hydrogen-bond acceptors (Lipinski definition) is 3. The van der Waals surface area contributed by atoms with Crippen molar-refractivity contribution >= 4 is 5.97 Å². The first kappa shape index (κ1) is 7.01. The lowest BCUT2D eigenvalue weighted by atomic mass is 10.6. The summed E-state index contributed by atoms with van der Waals surface area (Å²) in [5.74, 6) is -0.289. The fourth-order valence-electron chi connectivity index (χ4n) is 0.221. The number of carbonyl (C=O) groups excluding carboxylic acids is 1. The molecule has 3 heteroatoms. The minimum Gasteiger partial charge on any atom is -0.462 e. The van der Waals surface area contributed by atoms with Gasteiger partial charge in [-0.3, -0.25) is 4.79 Å². The van der Waals surface area contributed by atoms with Crippen LogP contribution in [0.5, 0.6) is 0 Å². The molecule has 0 radical (unpaired) electrons. The molecular formula is C5H9NO2. The molecule has 0 aliphatic carbocycles. The third kappa shape index (κ3) is 5.01. The average molecular weight is 115 g/mol. The topological polar surface area (TPSA) is 52.3 Å². The number of nitrogens with two attached hydrogens (primary N) is 1. The zero-order valence-corrected chi connectivity index (χ0v) is 4.76. The van der Waals surface area contributed by atoms with Gasteiger partial charge in [-0.25, -0.2) is 0 Å². The standard InChI is InChI=1S/C5H9NO2/c1-5(7)8-4-2-3-6/h2-3H,4,6H2,1H3. The molecule has 0 fully saturated rings. The van der Waals surface area contributed by atoms with E-state index in [2.05, 4.69) is 4.74 Å². The number of ether oxygens (including phenoxy) is 1. The van der Waals surface area contributed by atoms with Crippen molar-refractivity contribution in [2.45, 2.75) is 6.92 Å². The predicted octanol–water partition coefficient (Wildman–Crippen LogP) is 0.0219. The molecule has 0 atom stereocenters. The Hall–Kier alpha value is -0.990. The monoisotopic (exact) mass is 115 g/mol. The molecule has 0 bridgehead atoms. The van der Waals surface area contributed by atoms with Gasteiger partial charge in [0.15, 0.2) is 0 Å². The molecule has 8 heavy (non-hydrogen) atoms. The van der Waals surface area contributed by atoms with E-state index in [4.69, 9.17) is 5.73 Å². The Morgan fingerprint density at radius 1 is 1.88 bits per heavy atom. The largest absolute Gasteiger partial charge is 0.462 e. The summed E-state index contributed by atoms with van der Waals surface area (Å²) in [5.41, 5.74) is 4.94. The predicted molar refractivity (Wildman–Crippen MR) is 30.0 cm³/mol. The van der Waals surface area contributed by atoms with Crippen LogP contribution < -0.4 is 5.73 Å². The van der Waals surface area contributed by atoms with Crippen molar-refractivity contribution in [3.8, 4) is 0 Å². The van der Waals surface area contributed by atoms with E-state index >= 15 is 0 Å². The van der Waals surface area contributed by atoms with Crippen LogP contribution in [0.15, 0.2) is 12.3 Å². The summed E-state index contributed by atoms with van der Waals surface area (Å²) in [6.07, 6.45) is 2.89. The Kier molecular flexibility index (Phi) is 3.66. The number of hydrogen-bond donors (Lipinski definition) is 1. The van der Waals surface area contributed by atoms with Crippen LogP contribution in [0.3, 0.4) is 0 Å². The SMILES string of the molecule is CC(=O)OCC=CN. The van der Waals surface area contributed by atoms with E-state index in [9.17, 15) is 4.79 Å². The number of carbonyl (C=O) groups is 1. The van der Waals surface area contributed by atoms with Gasteiger partial charge in [-0.2, -0.15) is 0 Å². The van der Waals surface area contributed by atoms with Crippen LogP contribution in [0, 0.1) is 0 Å². The molecule has 0 unspecified atom stereocenters. The first-order chi connectivity index (χ1) is 3.77. The maximum absolute atomic E-state index is 10.0. The molecule has 0 amide bonds. The maximum atomic E-state index is 10.0. The molecule has 0 aliphatic heterocycles. The minimum atomic E-state index is -0.289. The van der Waals surface area contributed by atoms with Crippen LogP contribution >= 0.6 is 0 Å². The van der Waals surface area contributed by atoms with Crippen LogP contribution in [0.25, 0.3) is 0 Å². The van der Waals surface area contributed by atoms with Gasteiger partial charge in [-0.1, -0.05) is 0 Å². The van der Waals surface area contributed by atoms with Gasteiger partial charge in [-0.05, 0) is 12.3 Å². The van der Waals surface area contributed by atoms with E-state index in [-0.39, 0.29) is 12.6 Å². The Morgan fingerprint density at radius 3 is 2.88 bits per heavy atom. The normalized spacial score (nSPS) is 9.62. The van der Waals surface area contributed by atoms with Gasteiger partial charge in [-0.15, -0.1) is 0 Å². The molecule has 46 valence electrons. The van der Waals surface area contributed by atoms with E-state index in [0.29, 0.717) is 0 Å². The lowest BCUT2D eigenvalue weighted by Crippen LogP contribution is -1.97. The van der Waals surface area contributed by atoms with Crippen LogP contribution in [-0.4, -0.2) is 12.6 Å². The molecule has 0 aromatic carbocycles. The molecule has 0 aromatic rings. The van der Waals surface area contributed by atoms with Crippen molar-refractivity contribution < 1.29 is 9.53 Å². The molecule has 0 spiro atoms. The Labute approximate surface area is 48.1 Å². The summed E-state index contributed by atoms with van der Waals surface area (Å²) >= 11 is 0. The van der Waals surface area contributed by atoms with Crippen LogP contribution in [-0.2, 0) is 9.53 Å². The van der Waals surface area contributed by atoms with Gasteiger partial charge in [0.2, 0.25) is 0 Å². The van der Waals surface area contributed by atoms with Crippen molar-refractivity contribution in [1.29, 1.82) is 0 Å². The second-order valence-electron chi connectivity index (χ2n) is 1.23. The van der Waals surface area contributed by atoms with E-state index in [1.807, 2.05) is 0 Å². The zero-order valence-electron chi connectivity index (χ0n) is 4.76. The van der Waals surface area contributed by atoms with Gasteiger partial charge in [0.05, 0.1) is 0 Å². The zero-order chi connectivity index (χ0) is 6.41. The highest BCUT2D eigenvalue weighted by Crippen LogP contribution is 1.74. The van der Waals surface area contributed by atoms with Crippen molar-refractivity contribution in [2.24, 2.45) is 5.73 Å².